The van der Waals surface area contributed by atoms with Crippen molar-refractivity contribution in [1.82, 2.24) is 15.0 Å². The van der Waals surface area contributed by atoms with Gasteiger partial charge in [-0.2, -0.15) is 0 Å². The third-order valence-electron chi connectivity index (χ3n) is 5.48. The fourth-order valence-corrected chi connectivity index (χ4v) is 3.94. The van der Waals surface area contributed by atoms with Crippen molar-refractivity contribution >= 4 is 11.7 Å². The van der Waals surface area contributed by atoms with E-state index < -0.39 is 11.6 Å². The highest BCUT2D eigenvalue weighted by atomic mass is 19.1. The topological polar surface area (TPSA) is 71.3 Å². The van der Waals surface area contributed by atoms with E-state index >= 15 is 0 Å². The number of amides is 1. The maximum absolute atomic E-state index is 13.9. The van der Waals surface area contributed by atoms with Crippen LogP contribution in [0, 0.1) is 18.6 Å². The summed E-state index contributed by atoms with van der Waals surface area (Å²) in [4.78, 5) is 18.9. The first-order chi connectivity index (χ1) is 15.0. The van der Waals surface area contributed by atoms with Gasteiger partial charge in [0.2, 0.25) is 5.91 Å². The summed E-state index contributed by atoms with van der Waals surface area (Å²) in [6.07, 6.45) is 3.78. The summed E-state index contributed by atoms with van der Waals surface area (Å²) in [6.45, 7) is 3.60. The zero-order valence-corrected chi connectivity index (χ0v) is 17.3. The monoisotopic (exact) mass is 426 g/mol. The molecule has 3 heterocycles. The molecule has 3 aromatic rings. The van der Waals surface area contributed by atoms with E-state index in [1.165, 1.54) is 18.2 Å². The number of hydrogen-bond donors (Lipinski definition) is 1. The van der Waals surface area contributed by atoms with Gasteiger partial charge in [-0.15, -0.1) is 0 Å². The molecule has 1 unspecified atom stereocenters. The third-order valence-corrected chi connectivity index (χ3v) is 5.48. The molecule has 1 aliphatic heterocycles. The minimum atomic E-state index is -0.550. The Kier molecular flexibility index (Phi) is 6.36. The Morgan fingerprint density at radius 3 is 2.74 bits per heavy atom. The van der Waals surface area contributed by atoms with E-state index in [1.54, 1.807) is 19.2 Å². The van der Waals surface area contributed by atoms with Crippen LogP contribution >= 0.6 is 0 Å². The van der Waals surface area contributed by atoms with Gasteiger partial charge in [-0.3, -0.25) is 14.7 Å². The third kappa shape index (κ3) is 5.32. The Morgan fingerprint density at radius 2 is 2.06 bits per heavy atom. The molecule has 2 aromatic heterocycles. The largest absolute Gasteiger partial charge is 0.360 e. The lowest BCUT2D eigenvalue weighted by Crippen LogP contribution is -2.40. The van der Waals surface area contributed by atoms with Gasteiger partial charge in [0.25, 0.3) is 0 Å². The predicted molar refractivity (Wildman–Crippen MR) is 112 cm³/mol. The molecule has 1 aliphatic rings. The van der Waals surface area contributed by atoms with Gasteiger partial charge in [0.1, 0.15) is 17.4 Å². The zero-order valence-electron chi connectivity index (χ0n) is 17.3. The standard InChI is InChI=1S/C23H24F2N4O2/c1-15-10-22(28-31-15)27-23(30)14-29-9-3-4-17(13-29)21-8-7-16(12-26-21)11-18-19(24)5-2-6-20(18)25/h2,5-8,10,12,17H,3-4,9,11,13-14H2,1H3,(H,27,28,30). The number of benzene rings is 1. The van der Waals surface area contributed by atoms with Crippen LogP contribution in [0.3, 0.4) is 0 Å². The average Bonchev–Trinajstić information content (AvgIpc) is 3.16. The van der Waals surface area contributed by atoms with Crippen LogP contribution in [0.15, 0.2) is 47.1 Å². The Morgan fingerprint density at radius 1 is 1.26 bits per heavy atom. The molecular weight excluding hydrogens is 402 g/mol. The smallest absolute Gasteiger partial charge is 0.239 e. The van der Waals surface area contributed by atoms with Crippen LogP contribution < -0.4 is 5.32 Å². The SMILES string of the molecule is Cc1cc(NC(=O)CN2CCCC(c3ccc(Cc4c(F)cccc4F)cn3)C2)no1. The lowest BCUT2D eigenvalue weighted by Gasteiger charge is -2.31. The van der Waals surface area contributed by atoms with Crippen LogP contribution in [-0.2, 0) is 11.2 Å². The first kappa shape index (κ1) is 21.1. The number of rotatable bonds is 6. The summed E-state index contributed by atoms with van der Waals surface area (Å²) in [5.74, 6) is 0.0246. The summed E-state index contributed by atoms with van der Waals surface area (Å²) in [5, 5.41) is 6.52. The quantitative estimate of drug-likeness (QED) is 0.644. The number of carbonyl (C=O) groups is 1. The molecule has 1 N–H and O–H groups in total. The highest BCUT2D eigenvalue weighted by molar-refractivity contribution is 5.91. The Balaban J connectivity index is 1.35. The van der Waals surface area contributed by atoms with Gasteiger partial charge in [0, 0.05) is 42.4 Å². The second-order valence-corrected chi connectivity index (χ2v) is 7.91. The number of nitrogens with zero attached hydrogens (tertiary/aromatic N) is 3. The fraction of sp³-hybridized carbons (Fsp3) is 0.348. The number of aryl methyl sites for hydroxylation is 1. The van der Waals surface area contributed by atoms with Gasteiger partial charge >= 0.3 is 0 Å². The maximum Gasteiger partial charge on any atom is 0.239 e. The van der Waals surface area contributed by atoms with Crippen LogP contribution in [0.25, 0.3) is 0 Å². The number of piperidine rings is 1. The van der Waals surface area contributed by atoms with E-state index in [0.29, 0.717) is 11.6 Å². The van der Waals surface area contributed by atoms with E-state index in [2.05, 4.69) is 20.4 Å². The van der Waals surface area contributed by atoms with Gasteiger partial charge in [-0.1, -0.05) is 17.3 Å². The van der Waals surface area contributed by atoms with Crippen molar-refractivity contribution in [3.8, 4) is 0 Å². The van der Waals surface area contributed by atoms with E-state index in [4.69, 9.17) is 4.52 Å². The maximum atomic E-state index is 13.9. The van der Waals surface area contributed by atoms with Gasteiger partial charge in [-0.25, -0.2) is 8.78 Å². The van der Waals surface area contributed by atoms with E-state index in [9.17, 15) is 13.6 Å². The van der Waals surface area contributed by atoms with Gasteiger partial charge in [-0.05, 0) is 50.1 Å². The predicted octanol–water partition coefficient (Wildman–Crippen LogP) is 4.07. The highest BCUT2D eigenvalue weighted by Gasteiger charge is 2.24. The molecule has 1 amide bonds. The lowest BCUT2D eigenvalue weighted by atomic mass is 9.93. The number of halogens is 2. The van der Waals surface area contributed by atoms with Crippen molar-refractivity contribution in [2.24, 2.45) is 0 Å². The molecule has 1 fully saturated rings. The van der Waals surface area contributed by atoms with Crippen LogP contribution in [0.5, 0.6) is 0 Å². The Labute approximate surface area is 179 Å². The van der Waals surface area contributed by atoms with Crippen LogP contribution in [0.4, 0.5) is 14.6 Å². The molecule has 1 saturated heterocycles. The van der Waals surface area contributed by atoms with Crippen LogP contribution in [-0.4, -0.2) is 40.6 Å². The molecule has 0 spiro atoms. The van der Waals surface area contributed by atoms with Crippen LogP contribution in [0.1, 0.15) is 41.3 Å². The molecule has 0 saturated carbocycles. The van der Waals surface area contributed by atoms with Crippen molar-refractivity contribution in [1.29, 1.82) is 0 Å². The van der Waals surface area contributed by atoms with Crippen molar-refractivity contribution in [3.05, 3.63) is 76.8 Å². The molecule has 8 heteroatoms. The lowest BCUT2D eigenvalue weighted by molar-refractivity contribution is -0.117. The number of hydrogen-bond acceptors (Lipinski definition) is 5. The summed E-state index contributed by atoms with van der Waals surface area (Å²) >= 11 is 0. The van der Waals surface area contributed by atoms with E-state index in [-0.39, 0.29) is 30.4 Å². The minimum Gasteiger partial charge on any atom is -0.360 e. The second kappa shape index (κ2) is 9.34. The number of aromatic nitrogens is 2. The molecule has 6 nitrogen and oxygen atoms in total. The number of anilines is 1. The van der Waals surface area contributed by atoms with Gasteiger partial charge < -0.3 is 9.84 Å². The first-order valence-electron chi connectivity index (χ1n) is 10.3. The molecule has 4 rings (SSSR count). The van der Waals surface area contributed by atoms with Crippen molar-refractivity contribution < 1.29 is 18.1 Å². The van der Waals surface area contributed by atoms with Crippen LogP contribution in [0.2, 0.25) is 0 Å². The Hall–Kier alpha value is -3.13. The molecule has 1 atom stereocenters. The molecule has 1 aromatic carbocycles. The highest BCUT2D eigenvalue weighted by Crippen LogP contribution is 2.26. The number of pyridine rings is 1. The summed E-state index contributed by atoms with van der Waals surface area (Å²) < 4.78 is 32.7. The number of carbonyl (C=O) groups excluding carboxylic acids is 1. The minimum absolute atomic E-state index is 0.0502. The van der Waals surface area contributed by atoms with E-state index in [1.807, 2.05) is 12.1 Å². The summed E-state index contributed by atoms with van der Waals surface area (Å²) in [6, 6.07) is 9.34. The van der Waals surface area contributed by atoms with Gasteiger partial charge in [0.05, 0.1) is 6.54 Å². The van der Waals surface area contributed by atoms with Crippen molar-refractivity contribution in [3.63, 3.8) is 0 Å². The molecule has 0 bridgehead atoms. The second-order valence-electron chi connectivity index (χ2n) is 7.91. The summed E-state index contributed by atoms with van der Waals surface area (Å²) in [7, 11) is 0. The number of likely N-dealkylation sites (tertiary alicyclic amines) is 1. The normalized spacial score (nSPS) is 16.9. The summed E-state index contributed by atoms with van der Waals surface area (Å²) in [5.41, 5.74) is 1.73. The molecule has 31 heavy (non-hydrogen) atoms. The fourth-order valence-electron chi connectivity index (χ4n) is 3.94. The molecule has 162 valence electrons. The zero-order chi connectivity index (χ0) is 21.8. The molecule has 0 aliphatic carbocycles. The van der Waals surface area contributed by atoms with E-state index in [0.717, 1.165) is 37.2 Å². The Bertz CT molecular complexity index is 1030. The molecular formula is C23H24F2N4O2. The molecule has 0 radical (unpaired) electrons. The van der Waals surface area contributed by atoms with Crippen molar-refractivity contribution in [2.75, 3.05) is 25.0 Å². The van der Waals surface area contributed by atoms with Gasteiger partial charge in [0.15, 0.2) is 5.82 Å². The van der Waals surface area contributed by atoms with Crippen molar-refractivity contribution in [2.45, 2.75) is 32.1 Å². The average molecular weight is 426 g/mol. The number of nitrogens with one attached hydrogen (secondary N) is 1. The first-order valence-corrected chi connectivity index (χ1v) is 10.3.